The Morgan fingerprint density at radius 2 is 1.18 bits per heavy atom. The van der Waals surface area contributed by atoms with Crippen molar-refractivity contribution >= 4 is 0 Å². The molecule has 0 atom stereocenters. The molecule has 0 fully saturated rings. The largest absolute Gasteiger partial charge is 4.00 e. The molecule has 1 rings (SSSR count). The second kappa shape index (κ2) is 13.4. The summed E-state index contributed by atoms with van der Waals surface area (Å²) in [6.07, 6.45) is 0. The summed E-state index contributed by atoms with van der Waals surface area (Å²) in [5.41, 5.74) is 1.07. The zero-order valence-corrected chi connectivity index (χ0v) is 10.5. The number of halogens is 3. The molecule has 4 heteroatoms. The molecule has 1 aromatic rings. The van der Waals surface area contributed by atoms with Crippen molar-refractivity contribution in [3.63, 3.8) is 0 Å². The minimum Gasteiger partial charge on any atom is -1.00 e. The van der Waals surface area contributed by atoms with Crippen molar-refractivity contribution in [3.05, 3.63) is 42.8 Å². The smallest absolute Gasteiger partial charge is 1.00 e. The van der Waals surface area contributed by atoms with E-state index in [0.717, 1.165) is 5.56 Å². The van der Waals surface area contributed by atoms with Gasteiger partial charge >= 0.3 is 26.2 Å². The minimum atomic E-state index is 0. The van der Waals surface area contributed by atoms with Crippen molar-refractivity contribution in [1.29, 1.82) is 0 Å². The first-order valence-corrected chi connectivity index (χ1v) is 2.26. The third kappa shape index (κ3) is 10.8. The van der Waals surface area contributed by atoms with Crippen LogP contribution in [0.1, 0.15) is 5.56 Å². The van der Waals surface area contributed by atoms with Gasteiger partial charge in [0.05, 0.1) is 0 Å². The third-order valence-corrected chi connectivity index (χ3v) is 0.843. The van der Waals surface area contributed by atoms with Crippen LogP contribution in [0.4, 0.5) is 0 Å². The Bertz CT molecular complexity index is 144. The average molecular weight is 289 g/mol. The maximum absolute atomic E-state index is 3.72. The van der Waals surface area contributed by atoms with E-state index in [1.54, 1.807) is 0 Å². The molecule has 0 aliphatic carbocycles. The van der Waals surface area contributed by atoms with E-state index in [-0.39, 0.29) is 63.4 Å². The van der Waals surface area contributed by atoms with Gasteiger partial charge in [0.2, 0.25) is 0 Å². The van der Waals surface area contributed by atoms with Crippen molar-refractivity contribution < 1.29 is 63.4 Å². The second-order valence-corrected chi connectivity index (χ2v) is 1.49. The van der Waals surface area contributed by atoms with Gasteiger partial charge in [-0.05, 0) is 0 Å². The molecule has 0 saturated carbocycles. The summed E-state index contributed by atoms with van der Waals surface area (Å²) in [7, 11) is 0. The fourth-order valence-corrected chi connectivity index (χ4v) is 0.478. The van der Waals surface area contributed by atoms with Gasteiger partial charge in [0.1, 0.15) is 0 Å². The molecule has 0 saturated heterocycles. The van der Waals surface area contributed by atoms with Gasteiger partial charge in [-0.1, -0.05) is 6.07 Å². The molecular formula is C7H7Cl3Zr. The Hall–Kier alpha value is 0.843. The molecular weight excluding hydrogens is 282 g/mol. The Balaban J connectivity index is -0.0000000612. The summed E-state index contributed by atoms with van der Waals surface area (Å²) in [5.74, 6) is 0. The number of rotatable bonds is 0. The van der Waals surface area contributed by atoms with Gasteiger partial charge in [-0.25, -0.2) is 0 Å². The van der Waals surface area contributed by atoms with Crippen LogP contribution in [0.5, 0.6) is 0 Å². The van der Waals surface area contributed by atoms with Gasteiger partial charge in [-0.3, -0.25) is 0 Å². The molecule has 0 amide bonds. The van der Waals surface area contributed by atoms with Crippen LogP contribution in [-0.2, 0) is 26.2 Å². The van der Waals surface area contributed by atoms with E-state index in [1.807, 2.05) is 30.3 Å². The van der Waals surface area contributed by atoms with Crippen LogP contribution in [-0.4, -0.2) is 0 Å². The first kappa shape index (κ1) is 22.6. The molecule has 0 bridgehead atoms. The predicted molar refractivity (Wildman–Crippen MR) is 30.9 cm³/mol. The van der Waals surface area contributed by atoms with Gasteiger partial charge in [0.15, 0.2) is 0 Å². The molecule has 0 heterocycles. The first-order valence-electron chi connectivity index (χ1n) is 2.26. The first-order chi connectivity index (χ1) is 3.39. The SMILES string of the molecule is [CH2-]c1ccccc1.[Cl-].[Cl-].[Cl-].[Zr+4]. The molecule has 0 nitrogen and oxygen atoms in total. The van der Waals surface area contributed by atoms with Crippen LogP contribution < -0.4 is 37.2 Å². The Morgan fingerprint density at radius 1 is 0.818 bits per heavy atom. The molecule has 0 N–H and O–H groups in total. The summed E-state index contributed by atoms with van der Waals surface area (Å²) in [6.45, 7) is 3.72. The zero-order chi connectivity index (χ0) is 5.11. The van der Waals surface area contributed by atoms with E-state index in [2.05, 4.69) is 6.92 Å². The predicted octanol–water partition coefficient (Wildman–Crippen LogP) is -7.12. The Kier molecular flexibility index (Phi) is 27.6. The molecule has 1 aromatic carbocycles. The second-order valence-electron chi connectivity index (χ2n) is 1.49. The zero-order valence-electron chi connectivity index (χ0n) is 5.73. The average Bonchev–Trinajstić information content (AvgIpc) is 1.69. The Labute approximate surface area is 106 Å². The summed E-state index contributed by atoms with van der Waals surface area (Å²) in [6, 6.07) is 9.87. The molecule has 0 unspecified atom stereocenters. The van der Waals surface area contributed by atoms with Crippen LogP contribution in [0.15, 0.2) is 30.3 Å². The van der Waals surface area contributed by atoms with Crippen LogP contribution in [0.2, 0.25) is 0 Å². The monoisotopic (exact) mass is 286 g/mol. The normalized spacial score (nSPS) is 5.45. The van der Waals surface area contributed by atoms with Crippen molar-refractivity contribution in [2.45, 2.75) is 0 Å². The maximum atomic E-state index is 3.72. The van der Waals surface area contributed by atoms with Gasteiger partial charge in [0, 0.05) is 0 Å². The van der Waals surface area contributed by atoms with E-state index in [4.69, 9.17) is 0 Å². The summed E-state index contributed by atoms with van der Waals surface area (Å²) >= 11 is 0. The standard InChI is InChI=1S/C7H7.3ClH.Zr/c1-7-5-3-2-4-6-7;;;;/h2-6H,1H2;3*1H;/q-1;;;;+4/p-3. The van der Waals surface area contributed by atoms with E-state index in [1.165, 1.54) is 0 Å². The van der Waals surface area contributed by atoms with Gasteiger partial charge < -0.3 is 37.2 Å². The molecule has 0 aliphatic rings. The molecule has 0 radical (unpaired) electrons. The quantitative estimate of drug-likeness (QED) is 0.416. The van der Waals surface area contributed by atoms with Crippen LogP contribution in [0.3, 0.4) is 0 Å². The number of hydrogen-bond donors (Lipinski definition) is 0. The molecule has 0 spiro atoms. The fourth-order valence-electron chi connectivity index (χ4n) is 0.478. The van der Waals surface area contributed by atoms with Gasteiger partial charge in [0.25, 0.3) is 0 Å². The third-order valence-electron chi connectivity index (χ3n) is 0.843. The minimum absolute atomic E-state index is 0. The van der Waals surface area contributed by atoms with Crippen LogP contribution in [0, 0.1) is 6.92 Å². The van der Waals surface area contributed by atoms with E-state index >= 15 is 0 Å². The van der Waals surface area contributed by atoms with E-state index in [0.29, 0.717) is 0 Å². The Morgan fingerprint density at radius 3 is 1.36 bits per heavy atom. The van der Waals surface area contributed by atoms with Crippen LogP contribution >= 0.6 is 0 Å². The topological polar surface area (TPSA) is 0 Å². The van der Waals surface area contributed by atoms with Gasteiger partial charge in [-0.15, -0.1) is 12.1 Å². The summed E-state index contributed by atoms with van der Waals surface area (Å²) < 4.78 is 0. The number of benzene rings is 1. The fraction of sp³-hybridized carbons (Fsp3) is 0. The molecule has 0 aromatic heterocycles. The van der Waals surface area contributed by atoms with E-state index in [9.17, 15) is 0 Å². The van der Waals surface area contributed by atoms with Crippen molar-refractivity contribution in [2.24, 2.45) is 0 Å². The van der Waals surface area contributed by atoms with Crippen molar-refractivity contribution in [3.8, 4) is 0 Å². The van der Waals surface area contributed by atoms with Crippen molar-refractivity contribution in [1.82, 2.24) is 0 Å². The van der Waals surface area contributed by atoms with E-state index < -0.39 is 0 Å². The maximum Gasteiger partial charge on any atom is 4.00 e. The molecule has 0 aliphatic heterocycles. The molecule has 11 heavy (non-hydrogen) atoms. The number of hydrogen-bond acceptors (Lipinski definition) is 0. The summed E-state index contributed by atoms with van der Waals surface area (Å²) in [5, 5.41) is 0. The van der Waals surface area contributed by atoms with Crippen molar-refractivity contribution in [2.75, 3.05) is 0 Å². The van der Waals surface area contributed by atoms with Crippen LogP contribution in [0.25, 0.3) is 0 Å². The molecule has 60 valence electrons. The summed E-state index contributed by atoms with van der Waals surface area (Å²) in [4.78, 5) is 0. The van der Waals surface area contributed by atoms with Gasteiger partial charge in [-0.2, -0.15) is 24.6 Å².